The van der Waals surface area contributed by atoms with Crippen LogP contribution in [0.1, 0.15) is 12.0 Å². The maximum atomic E-state index is 11.5. The van der Waals surface area contributed by atoms with E-state index in [0.717, 1.165) is 5.56 Å². The van der Waals surface area contributed by atoms with Crippen LogP contribution in [0.4, 0.5) is 4.79 Å². The highest BCUT2D eigenvalue weighted by Gasteiger charge is 2.17. The molecule has 18 heavy (non-hydrogen) atoms. The van der Waals surface area contributed by atoms with Gasteiger partial charge < -0.3 is 15.7 Å². The van der Waals surface area contributed by atoms with E-state index in [-0.39, 0.29) is 6.42 Å². The van der Waals surface area contributed by atoms with Crippen molar-refractivity contribution in [3.63, 3.8) is 0 Å². The standard InChI is InChI=1S/C12H15N3O3/c1-2-4-10(11(16)17)15-12(18)14-8-9-5-3-6-13-7-9/h2-3,5-7,10H,1,4,8H2,(H,16,17)(H2,14,15,18). The average molecular weight is 249 g/mol. The van der Waals surface area contributed by atoms with E-state index in [0.29, 0.717) is 6.54 Å². The number of pyridine rings is 1. The van der Waals surface area contributed by atoms with E-state index >= 15 is 0 Å². The Morgan fingerprint density at radius 2 is 2.33 bits per heavy atom. The predicted octanol–water partition coefficient (Wildman–Crippen LogP) is 0.910. The van der Waals surface area contributed by atoms with E-state index in [4.69, 9.17) is 5.11 Å². The number of rotatable bonds is 6. The number of carboxylic acids is 1. The van der Waals surface area contributed by atoms with E-state index in [1.807, 2.05) is 6.07 Å². The highest BCUT2D eigenvalue weighted by atomic mass is 16.4. The number of nitrogens with zero attached hydrogens (tertiary/aromatic N) is 1. The second-order valence-electron chi connectivity index (χ2n) is 3.60. The molecule has 1 aromatic heterocycles. The number of hydrogen-bond acceptors (Lipinski definition) is 3. The first-order chi connectivity index (χ1) is 8.63. The zero-order chi connectivity index (χ0) is 13.4. The third-order valence-electron chi connectivity index (χ3n) is 2.18. The lowest BCUT2D eigenvalue weighted by atomic mass is 10.2. The Labute approximate surface area is 105 Å². The SMILES string of the molecule is C=CCC(NC(=O)NCc1cccnc1)C(=O)O. The molecule has 0 aliphatic carbocycles. The summed E-state index contributed by atoms with van der Waals surface area (Å²) in [6.45, 7) is 3.73. The van der Waals surface area contributed by atoms with Crippen molar-refractivity contribution in [2.24, 2.45) is 0 Å². The Hall–Kier alpha value is -2.37. The van der Waals surface area contributed by atoms with Gasteiger partial charge in [0.1, 0.15) is 6.04 Å². The summed E-state index contributed by atoms with van der Waals surface area (Å²) in [5.74, 6) is -1.09. The van der Waals surface area contributed by atoms with Gasteiger partial charge in [0.05, 0.1) is 0 Å². The van der Waals surface area contributed by atoms with Crippen molar-refractivity contribution in [1.29, 1.82) is 0 Å². The third-order valence-corrected chi connectivity index (χ3v) is 2.18. The van der Waals surface area contributed by atoms with Gasteiger partial charge in [0, 0.05) is 18.9 Å². The molecular formula is C12H15N3O3. The molecule has 0 radical (unpaired) electrons. The fraction of sp³-hybridized carbons (Fsp3) is 0.250. The van der Waals surface area contributed by atoms with Gasteiger partial charge in [-0.3, -0.25) is 4.98 Å². The van der Waals surface area contributed by atoms with E-state index in [2.05, 4.69) is 22.2 Å². The summed E-state index contributed by atoms with van der Waals surface area (Å²) in [5.41, 5.74) is 0.836. The summed E-state index contributed by atoms with van der Waals surface area (Å²) >= 11 is 0. The van der Waals surface area contributed by atoms with E-state index in [1.54, 1.807) is 18.5 Å². The molecule has 6 nitrogen and oxygen atoms in total. The predicted molar refractivity (Wildman–Crippen MR) is 65.8 cm³/mol. The number of aliphatic carboxylic acids is 1. The Morgan fingerprint density at radius 1 is 1.56 bits per heavy atom. The smallest absolute Gasteiger partial charge is 0.326 e. The number of nitrogens with one attached hydrogen (secondary N) is 2. The van der Waals surface area contributed by atoms with Crippen LogP contribution in [0.3, 0.4) is 0 Å². The zero-order valence-electron chi connectivity index (χ0n) is 9.80. The van der Waals surface area contributed by atoms with Gasteiger partial charge in [0.15, 0.2) is 0 Å². The van der Waals surface area contributed by atoms with Crippen molar-refractivity contribution in [3.8, 4) is 0 Å². The maximum absolute atomic E-state index is 11.5. The summed E-state index contributed by atoms with van der Waals surface area (Å²) < 4.78 is 0. The molecule has 0 spiro atoms. The number of hydrogen-bond donors (Lipinski definition) is 3. The number of amides is 2. The molecule has 0 bridgehead atoms. The zero-order valence-corrected chi connectivity index (χ0v) is 9.80. The van der Waals surface area contributed by atoms with Crippen LogP contribution in [0.2, 0.25) is 0 Å². The molecule has 0 saturated heterocycles. The fourth-order valence-corrected chi connectivity index (χ4v) is 1.28. The Bertz CT molecular complexity index is 420. The maximum Gasteiger partial charge on any atom is 0.326 e. The van der Waals surface area contributed by atoms with Crippen LogP contribution in [-0.4, -0.2) is 28.1 Å². The minimum Gasteiger partial charge on any atom is -0.480 e. The molecule has 6 heteroatoms. The van der Waals surface area contributed by atoms with Gasteiger partial charge in [0.2, 0.25) is 0 Å². The summed E-state index contributed by atoms with van der Waals surface area (Å²) in [6.07, 6.45) is 4.88. The van der Waals surface area contributed by atoms with Crippen LogP contribution in [0.25, 0.3) is 0 Å². The van der Waals surface area contributed by atoms with Crippen molar-refractivity contribution in [3.05, 3.63) is 42.7 Å². The van der Waals surface area contributed by atoms with Crippen LogP contribution in [0.5, 0.6) is 0 Å². The molecule has 0 fully saturated rings. The Balaban J connectivity index is 2.41. The summed E-state index contributed by atoms with van der Waals surface area (Å²) in [7, 11) is 0. The summed E-state index contributed by atoms with van der Waals surface area (Å²) in [4.78, 5) is 26.2. The van der Waals surface area contributed by atoms with Gasteiger partial charge in [-0.15, -0.1) is 6.58 Å². The largest absolute Gasteiger partial charge is 0.480 e. The first kappa shape index (κ1) is 13.7. The van der Waals surface area contributed by atoms with Gasteiger partial charge in [-0.25, -0.2) is 9.59 Å². The highest BCUT2D eigenvalue weighted by molar-refractivity contribution is 5.82. The van der Waals surface area contributed by atoms with Gasteiger partial charge in [-0.1, -0.05) is 12.1 Å². The monoisotopic (exact) mass is 249 g/mol. The fourth-order valence-electron chi connectivity index (χ4n) is 1.28. The van der Waals surface area contributed by atoms with Crippen LogP contribution in [-0.2, 0) is 11.3 Å². The van der Waals surface area contributed by atoms with Crippen LogP contribution >= 0.6 is 0 Å². The van der Waals surface area contributed by atoms with Gasteiger partial charge in [-0.2, -0.15) is 0 Å². The van der Waals surface area contributed by atoms with E-state index in [9.17, 15) is 9.59 Å². The molecule has 0 saturated carbocycles. The number of aromatic nitrogens is 1. The van der Waals surface area contributed by atoms with Crippen LogP contribution in [0.15, 0.2) is 37.2 Å². The summed E-state index contributed by atoms with van der Waals surface area (Å²) in [6, 6.07) is 2.07. The van der Waals surface area contributed by atoms with Crippen LogP contribution in [0, 0.1) is 0 Å². The molecule has 2 amide bonds. The minimum atomic E-state index is -1.09. The third kappa shape index (κ3) is 4.65. The lowest BCUT2D eigenvalue weighted by Gasteiger charge is -2.13. The van der Waals surface area contributed by atoms with Crippen molar-refractivity contribution in [2.75, 3.05) is 0 Å². The molecule has 3 N–H and O–H groups in total. The van der Waals surface area contributed by atoms with Crippen LogP contribution < -0.4 is 10.6 Å². The molecule has 0 aliphatic rings. The number of carbonyl (C=O) groups excluding carboxylic acids is 1. The minimum absolute atomic E-state index is 0.176. The van der Waals surface area contributed by atoms with Crippen molar-refractivity contribution < 1.29 is 14.7 Å². The topological polar surface area (TPSA) is 91.3 Å². The lowest BCUT2D eigenvalue weighted by molar-refractivity contribution is -0.139. The summed E-state index contributed by atoms with van der Waals surface area (Å²) in [5, 5.41) is 13.7. The quantitative estimate of drug-likeness (QED) is 0.653. The second kappa shape index (κ2) is 7.05. The first-order valence-electron chi connectivity index (χ1n) is 5.40. The highest BCUT2D eigenvalue weighted by Crippen LogP contribution is 1.96. The lowest BCUT2D eigenvalue weighted by Crippen LogP contribution is -2.45. The van der Waals surface area contributed by atoms with Crippen molar-refractivity contribution in [2.45, 2.75) is 19.0 Å². The molecule has 1 unspecified atom stereocenters. The van der Waals surface area contributed by atoms with Crippen molar-refractivity contribution >= 4 is 12.0 Å². The Morgan fingerprint density at radius 3 is 2.89 bits per heavy atom. The van der Waals surface area contributed by atoms with Gasteiger partial charge in [-0.05, 0) is 18.1 Å². The van der Waals surface area contributed by atoms with Gasteiger partial charge in [0.25, 0.3) is 0 Å². The van der Waals surface area contributed by atoms with Crippen molar-refractivity contribution in [1.82, 2.24) is 15.6 Å². The normalized spacial score (nSPS) is 11.3. The molecular weight excluding hydrogens is 234 g/mol. The molecule has 0 aromatic carbocycles. The molecule has 1 heterocycles. The second-order valence-corrected chi connectivity index (χ2v) is 3.60. The first-order valence-corrected chi connectivity index (χ1v) is 5.40. The molecule has 1 aromatic rings. The molecule has 96 valence electrons. The molecule has 0 aliphatic heterocycles. The van der Waals surface area contributed by atoms with E-state index in [1.165, 1.54) is 6.08 Å². The number of carboxylic acid groups (broad SMARTS) is 1. The van der Waals surface area contributed by atoms with E-state index < -0.39 is 18.0 Å². The number of carbonyl (C=O) groups is 2. The van der Waals surface area contributed by atoms with Gasteiger partial charge >= 0.3 is 12.0 Å². The molecule has 1 atom stereocenters. The molecule has 1 rings (SSSR count). The Kier molecular flexibility index (Phi) is 5.37. The number of urea groups is 1. The average Bonchev–Trinajstić information content (AvgIpc) is 2.37.